The third-order valence-corrected chi connectivity index (χ3v) is 3.59. The number of nitrogens with one attached hydrogen (secondary N) is 1. The lowest BCUT2D eigenvalue weighted by Gasteiger charge is -2.10. The molecule has 2 N–H and O–H groups in total. The van der Waals surface area contributed by atoms with Gasteiger partial charge in [0.1, 0.15) is 11.3 Å². The highest BCUT2D eigenvalue weighted by Gasteiger charge is 2.14. The summed E-state index contributed by atoms with van der Waals surface area (Å²) < 4.78 is 13.8. The normalized spacial score (nSPS) is 10.5. The maximum atomic E-state index is 13.8. The van der Waals surface area contributed by atoms with Crippen LogP contribution in [0.4, 0.5) is 10.1 Å². The number of anilines is 1. The third kappa shape index (κ3) is 3.08. The standard InChI is InChI=1S/C18H13FN2O3/c19-14-7-3-6-13-15(8-9-20-17(13)14)21-16(22)10-11-4-1-2-5-12(11)18(23)24/h1-9H,10H2,(H,23,24)(H,20,21,22). The summed E-state index contributed by atoms with van der Waals surface area (Å²) in [4.78, 5) is 27.4. The zero-order valence-corrected chi connectivity index (χ0v) is 12.5. The van der Waals surface area contributed by atoms with E-state index in [2.05, 4.69) is 10.3 Å². The number of carbonyl (C=O) groups excluding carboxylic acids is 1. The summed E-state index contributed by atoms with van der Waals surface area (Å²) in [5.41, 5.74) is 1.09. The molecule has 3 aromatic rings. The second-order valence-electron chi connectivity index (χ2n) is 5.18. The fraction of sp³-hybridized carbons (Fsp3) is 0.0556. The Kier molecular flexibility index (Phi) is 4.20. The van der Waals surface area contributed by atoms with E-state index in [0.29, 0.717) is 16.6 Å². The Morgan fingerprint density at radius 1 is 1.08 bits per heavy atom. The highest BCUT2D eigenvalue weighted by atomic mass is 19.1. The minimum absolute atomic E-state index is 0.0817. The van der Waals surface area contributed by atoms with Gasteiger partial charge in [-0.2, -0.15) is 0 Å². The predicted molar refractivity (Wildman–Crippen MR) is 87.4 cm³/mol. The van der Waals surface area contributed by atoms with Crippen molar-refractivity contribution in [1.82, 2.24) is 4.98 Å². The smallest absolute Gasteiger partial charge is 0.335 e. The molecule has 0 atom stereocenters. The van der Waals surface area contributed by atoms with Gasteiger partial charge in [-0.25, -0.2) is 9.18 Å². The van der Waals surface area contributed by atoms with E-state index in [9.17, 15) is 14.0 Å². The molecule has 1 amide bonds. The first kappa shape index (κ1) is 15.6. The van der Waals surface area contributed by atoms with Gasteiger partial charge in [-0.3, -0.25) is 9.78 Å². The number of carboxylic acid groups (broad SMARTS) is 1. The summed E-state index contributed by atoms with van der Waals surface area (Å²) in [7, 11) is 0. The number of carboxylic acids is 1. The summed E-state index contributed by atoms with van der Waals surface area (Å²) >= 11 is 0. The monoisotopic (exact) mass is 324 g/mol. The first-order valence-electron chi connectivity index (χ1n) is 7.20. The molecule has 0 aliphatic heterocycles. The number of carbonyl (C=O) groups is 2. The van der Waals surface area contributed by atoms with Gasteiger partial charge in [0.2, 0.25) is 5.91 Å². The molecular weight excluding hydrogens is 311 g/mol. The Balaban J connectivity index is 1.87. The Labute approximate surface area is 136 Å². The highest BCUT2D eigenvalue weighted by molar-refractivity contribution is 6.02. The largest absolute Gasteiger partial charge is 0.478 e. The van der Waals surface area contributed by atoms with E-state index in [-0.39, 0.29) is 23.4 Å². The Hall–Kier alpha value is -3.28. The van der Waals surface area contributed by atoms with Crippen LogP contribution in [0.25, 0.3) is 10.9 Å². The fourth-order valence-corrected chi connectivity index (χ4v) is 2.50. The molecule has 24 heavy (non-hydrogen) atoms. The molecule has 120 valence electrons. The molecule has 0 spiro atoms. The molecular formula is C18H13FN2O3. The third-order valence-electron chi connectivity index (χ3n) is 3.59. The van der Waals surface area contributed by atoms with E-state index in [1.165, 1.54) is 24.4 Å². The maximum absolute atomic E-state index is 13.8. The quantitative estimate of drug-likeness (QED) is 0.772. The van der Waals surface area contributed by atoms with Crippen LogP contribution in [-0.4, -0.2) is 22.0 Å². The fourth-order valence-electron chi connectivity index (χ4n) is 2.50. The van der Waals surface area contributed by atoms with Gasteiger partial charge in [-0.15, -0.1) is 0 Å². The number of rotatable bonds is 4. The summed E-state index contributed by atoms with van der Waals surface area (Å²) in [6, 6.07) is 12.4. The molecule has 0 fully saturated rings. The average Bonchev–Trinajstić information content (AvgIpc) is 2.56. The zero-order chi connectivity index (χ0) is 17.1. The van der Waals surface area contributed by atoms with Gasteiger partial charge in [0.25, 0.3) is 0 Å². The van der Waals surface area contributed by atoms with E-state index < -0.39 is 11.8 Å². The van der Waals surface area contributed by atoms with Crippen LogP contribution in [0.1, 0.15) is 15.9 Å². The number of halogens is 1. The second-order valence-corrected chi connectivity index (χ2v) is 5.18. The van der Waals surface area contributed by atoms with Crippen molar-refractivity contribution in [2.75, 3.05) is 5.32 Å². The second kappa shape index (κ2) is 6.45. The molecule has 0 saturated heterocycles. The molecule has 0 saturated carbocycles. The van der Waals surface area contributed by atoms with Crippen LogP contribution in [0.15, 0.2) is 54.7 Å². The van der Waals surface area contributed by atoms with Crippen LogP contribution in [0, 0.1) is 5.82 Å². The maximum Gasteiger partial charge on any atom is 0.335 e. The van der Waals surface area contributed by atoms with E-state index >= 15 is 0 Å². The molecule has 0 radical (unpaired) electrons. The van der Waals surface area contributed by atoms with Crippen LogP contribution < -0.4 is 5.32 Å². The zero-order valence-electron chi connectivity index (χ0n) is 12.5. The molecule has 5 nitrogen and oxygen atoms in total. The first-order chi connectivity index (χ1) is 11.6. The summed E-state index contributed by atoms with van der Waals surface area (Å²) in [6.07, 6.45) is 1.31. The topological polar surface area (TPSA) is 79.3 Å². The van der Waals surface area contributed by atoms with Crippen molar-refractivity contribution in [3.05, 3.63) is 71.7 Å². The van der Waals surface area contributed by atoms with Crippen molar-refractivity contribution >= 4 is 28.5 Å². The van der Waals surface area contributed by atoms with Crippen molar-refractivity contribution in [3.8, 4) is 0 Å². The average molecular weight is 324 g/mol. The Morgan fingerprint density at radius 3 is 2.67 bits per heavy atom. The predicted octanol–water partition coefficient (Wildman–Crippen LogP) is 3.25. The number of aromatic carboxylic acids is 1. The van der Waals surface area contributed by atoms with Crippen LogP contribution in [0.5, 0.6) is 0 Å². The van der Waals surface area contributed by atoms with Crippen LogP contribution in [-0.2, 0) is 11.2 Å². The molecule has 2 aromatic carbocycles. The molecule has 3 rings (SSSR count). The van der Waals surface area contributed by atoms with Crippen molar-refractivity contribution in [2.24, 2.45) is 0 Å². The molecule has 0 aliphatic carbocycles. The summed E-state index contributed by atoms with van der Waals surface area (Å²) in [5, 5.41) is 12.3. The van der Waals surface area contributed by atoms with Crippen LogP contribution in [0.2, 0.25) is 0 Å². The molecule has 6 heteroatoms. The number of fused-ring (bicyclic) bond motifs is 1. The lowest BCUT2D eigenvalue weighted by atomic mass is 10.0. The van der Waals surface area contributed by atoms with Crippen LogP contribution >= 0.6 is 0 Å². The van der Waals surface area contributed by atoms with Gasteiger partial charge in [0.15, 0.2) is 0 Å². The Morgan fingerprint density at radius 2 is 1.88 bits per heavy atom. The minimum atomic E-state index is -1.09. The van der Waals surface area contributed by atoms with Gasteiger partial charge in [-0.1, -0.05) is 30.3 Å². The van der Waals surface area contributed by atoms with Crippen LogP contribution in [0.3, 0.4) is 0 Å². The molecule has 1 aromatic heterocycles. The number of pyridine rings is 1. The lowest BCUT2D eigenvalue weighted by molar-refractivity contribution is -0.115. The Bertz CT molecular complexity index is 940. The molecule has 0 aliphatic rings. The van der Waals surface area contributed by atoms with E-state index in [1.54, 1.807) is 30.3 Å². The van der Waals surface area contributed by atoms with Crippen molar-refractivity contribution in [3.63, 3.8) is 0 Å². The van der Waals surface area contributed by atoms with Gasteiger partial charge in [0.05, 0.1) is 17.7 Å². The number of amides is 1. The number of para-hydroxylation sites is 1. The highest BCUT2D eigenvalue weighted by Crippen LogP contribution is 2.23. The minimum Gasteiger partial charge on any atom is -0.478 e. The number of nitrogens with zero attached hydrogens (tertiary/aromatic N) is 1. The number of hydrogen-bond acceptors (Lipinski definition) is 3. The van der Waals surface area contributed by atoms with Gasteiger partial charge in [-0.05, 0) is 23.8 Å². The van der Waals surface area contributed by atoms with Crippen molar-refractivity contribution in [1.29, 1.82) is 0 Å². The molecule has 0 unspecified atom stereocenters. The lowest BCUT2D eigenvalue weighted by Crippen LogP contribution is -2.16. The van der Waals surface area contributed by atoms with Gasteiger partial charge >= 0.3 is 5.97 Å². The van der Waals surface area contributed by atoms with Crippen molar-refractivity contribution in [2.45, 2.75) is 6.42 Å². The first-order valence-corrected chi connectivity index (χ1v) is 7.20. The molecule has 1 heterocycles. The van der Waals surface area contributed by atoms with Gasteiger partial charge < -0.3 is 10.4 Å². The molecule has 0 bridgehead atoms. The van der Waals surface area contributed by atoms with E-state index in [1.807, 2.05) is 0 Å². The summed E-state index contributed by atoms with van der Waals surface area (Å²) in [6.45, 7) is 0. The van der Waals surface area contributed by atoms with E-state index in [4.69, 9.17) is 5.11 Å². The SMILES string of the molecule is O=C(Cc1ccccc1C(=O)O)Nc1ccnc2c(F)cccc12. The number of hydrogen-bond donors (Lipinski definition) is 2. The summed E-state index contributed by atoms with van der Waals surface area (Å²) in [5.74, 6) is -1.95. The van der Waals surface area contributed by atoms with E-state index in [0.717, 1.165) is 0 Å². The number of aromatic nitrogens is 1. The van der Waals surface area contributed by atoms with Crippen molar-refractivity contribution < 1.29 is 19.1 Å². The number of benzene rings is 2. The van der Waals surface area contributed by atoms with Gasteiger partial charge in [0, 0.05) is 11.6 Å².